The lowest BCUT2D eigenvalue weighted by Gasteiger charge is -2.27. The number of rotatable bonds is 3. The third-order valence-corrected chi connectivity index (χ3v) is 3.41. The third kappa shape index (κ3) is 3.23. The van der Waals surface area contributed by atoms with E-state index in [0.717, 1.165) is 37.1 Å². The fourth-order valence-electron chi connectivity index (χ4n) is 2.31. The quantitative estimate of drug-likeness (QED) is 0.856. The van der Waals surface area contributed by atoms with E-state index in [9.17, 15) is 4.79 Å². The minimum absolute atomic E-state index is 0.0431. The first-order valence-electron chi connectivity index (χ1n) is 6.61. The SMILES string of the molecule is NCc1ccccc1CNC(=O)N1CCCCC1. The predicted molar refractivity (Wildman–Crippen MR) is 72.0 cm³/mol. The van der Waals surface area contributed by atoms with Crippen molar-refractivity contribution in [1.29, 1.82) is 0 Å². The molecule has 1 aliphatic rings. The van der Waals surface area contributed by atoms with Crippen LogP contribution in [0.2, 0.25) is 0 Å². The summed E-state index contributed by atoms with van der Waals surface area (Å²) in [5.41, 5.74) is 7.87. The van der Waals surface area contributed by atoms with E-state index >= 15 is 0 Å². The molecule has 0 radical (unpaired) electrons. The molecule has 4 nitrogen and oxygen atoms in total. The number of hydrogen-bond acceptors (Lipinski definition) is 2. The first kappa shape index (κ1) is 12.9. The van der Waals surface area contributed by atoms with Gasteiger partial charge in [-0.3, -0.25) is 0 Å². The number of amides is 2. The van der Waals surface area contributed by atoms with Crippen molar-refractivity contribution in [2.75, 3.05) is 13.1 Å². The Balaban J connectivity index is 1.88. The van der Waals surface area contributed by atoms with Crippen LogP contribution >= 0.6 is 0 Å². The number of urea groups is 1. The largest absolute Gasteiger partial charge is 0.334 e. The molecule has 2 rings (SSSR count). The number of likely N-dealkylation sites (tertiary alicyclic amines) is 1. The van der Waals surface area contributed by atoms with Crippen molar-refractivity contribution in [1.82, 2.24) is 10.2 Å². The number of benzene rings is 1. The zero-order valence-electron chi connectivity index (χ0n) is 10.7. The summed E-state index contributed by atoms with van der Waals surface area (Å²) in [6.45, 7) is 2.83. The molecule has 0 aliphatic carbocycles. The summed E-state index contributed by atoms with van der Waals surface area (Å²) in [7, 11) is 0. The Morgan fingerprint density at radius 1 is 1.17 bits per heavy atom. The zero-order valence-corrected chi connectivity index (χ0v) is 10.7. The maximum absolute atomic E-state index is 12.0. The molecule has 0 spiro atoms. The van der Waals surface area contributed by atoms with Crippen LogP contribution in [0.15, 0.2) is 24.3 Å². The van der Waals surface area contributed by atoms with E-state index in [-0.39, 0.29) is 6.03 Å². The lowest BCUT2D eigenvalue weighted by molar-refractivity contribution is 0.186. The molecule has 1 aromatic rings. The molecule has 4 heteroatoms. The molecule has 0 unspecified atom stereocenters. The molecule has 1 aromatic carbocycles. The molecule has 3 N–H and O–H groups in total. The van der Waals surface area contributed by atoms with Crippen LogP contribution in [0.25, 0.3) is 0 Å². The van der Waals surface area contributed by atoms with Gasteiger partial charge in [0.1, 0.15) is 0 Å². The highest BCUT2D eigenvalue weighted by atomic mass is 16.2. The van der Waals surface area contributed by atoms with Crippen LogP contribution in [-0.4, -0.2) is 24.0 Å². The number of hydrogen-bond donors (Lipinski definition) is 2. The van der Waals surface area contributed by atoms with Gasteiger partial charge in [0, 0.05) is 26.2 Å². The molecule has 1 fully saturated rings. The Morgan fingerprint density at radius 3 is 2.50 bits per heavy atom. The normalized spacial score (nSPS) is 15.5. The first-order valence-corrected chi connectivity index (χ1v) is 6.61. The minimum atomic E-state index is 0.0431. The van der Waals surface area contributed by atoms with Gasteiger partial charge >= 0.3 is 6.03 Å². The van der Waals surface area contributed by atoms with Crippen molar-refractivity contribution >= 4 is 6.03 Å². The molecule has 1 heterocycles. The molecule has 0 bridgehead atoms. The van der Waals surface area contributed by atoms with Crippen LogP contribution in [0.5, 0.6) is 0 Å². The van der Waals surface area contributed by atoms with Gasteiger partial charge in [-0.2, -0.15) is 0 Å². The molecule has 0 saturated carbocycles. The molecule has 1 saturated heterocycles. The van der Waals surface area contributed by atoms with E-state index in [2.05, 4.69) is 5.32 Å². The van der Waals surface area contributed by atoms with E-state index in [0.29, 0.717) is 13.1 Å². The van der Waals surface area contributed by atoms with E-state index in [1.807, 2.05) is 29.2 Å². The second kappa shape index (κ2) is 6.40. The lowest BCUT2D eigenvalue weighted by Crippen LogP contribution is -2.42. The highest BCUT2D eigenvalue weighted by Crippen LogP contribution is 2.10. The maximum Gasteiger partial charge on any atom is 0.317 e. The van der Waals surface area contributed by atoms with Gasteiger partial charge in [0.2, 0.25) is 0 Å². The van der Waals surface area contributed by atoms with Crippen LogP contribution < -0.4 is 11.1 Å². The zero-order chi connectivity index (χ0) is 12.8. The molecule has 0 atom stereocenters. The number of nitrogens with two attached hydrogens (primary N) is 1. The summed E-state index contributed by atoms with van der Waals surface area (Å²) in [6, 6.07) is 8.00. The summed E-state index contributed by atoms with van der Waals surface area (Å²) in [6.07, 6.45) is 3.47. The highest BCUT2D eigenvalue weighted by molar-refractivity contribution is 5.74. The van der Waals surface area contributed by atoms with Gasteiger partial charge in [-0.05, 0) is 30.4 Å². The first-order chi connectivity index (χ1) is 8.81. The van der Waals surface area contributed by atoms with Gasteiger partial charge in [0.15, 0.2) is 0 Å². The number of carbonyl (C=O) groups excluding carboxylic acids is 1. The van der Waals surface area contributed by atoms with Crippen molar-refractivity contribution in [3.05, 3.63) is 35.4 Å². The van der Waals surface area contributed by atoms with Crippen molar-refractivity contribution in [3.63, 3.8) is 0 Å². The van der Waals surface area contributed by atoms with E-state index < -0.39 is 0 Å². The Bertz CT molecular complexity index is 400. The third-order valence-electron chi connectivity index (χ3n) is 3.41. The molecular weight excluding hydrogens is 226 g/mol. The van der Waals surface area contributed by atoms with Crippen LogP contribution in [0.1, 0.15) is 30.4 Å². The Morgan fingerprint density at radius 2 is 1.83 bits per heavy atom. The van der Waals surface area contributed by atoms with Gasteiger partial charge in [0.25, 0.3) is 0 Å². The summed E-state index contributed by atoms with van der Waals surface area (Å²) in [4.78, 5) is 13.9. The van der Waals surface area contributed by atoms with Crippen LogP contribution in [0.3, 0.4) is 0 Å². The summed E-state index contributed by atoms with van der Waals surface area (Å²) in [5.74, 6) is 0. The second-order valence-electron chi connectivity index (χ2n) is 4.68. The average Bonchev–Trinajstić information content (AvgIpc) is 2.46. The van der Waals surface area contributed by atoms with E-state index in [4.69, 9.17) is 5.73 Å². The molecule has 98 valence electrons. The van der Waals surface area contributed by atoms with Gasteiger partial charge in [-0.15, -0.1) is 0 Å². The van der Waals surface area contributed by atoms with Crippen LogP contribution in [-0.2, 0) is 13.1 Å². The molecule has 1 aliphatic heterocycles. The fraction of sp³-hybridized carbons (Fsp3) is 0.500. The standard InChI is InChI=1S/C14H21N3O/c15-10-12-6-2-3-7-13(12)11-16-14(18)17-8-4-1-5-9-17/h2-3,6-7H,1,4-5,8-11,15H2,(H,16,18). The van der Waals surface area contributed by atoms with Gasteiger partial charge in [0.05, 0.1) is 0 Å². The molecule has 0 aromatic heterocycles. The Kier molecular flexibility index (Phi) is 4.59. The number of piperidine rings is 1. The summed E-state index contributed by atoms with van der Waals surface area (Å²) >= 11 is 0. The molecule has 2 amide bonds. The summed E-state index contributed by atoms with van der Waals surface area (Å²) < 4.78 is 0. The van der Waals surface area contributed by atoms with Crippen LogP contribution in [0, 0.1) is 0 Å². The highest BCUT2D eigenvalue weighted by Gasteiger charge is 2.15. The van der Waals surface area contributed by atoms with Gasteiger partial charge in [-0.1, -0.05) is 24.3 Å². The molecule has 18 heavy (non-hydrogen) atoms. The minimum Gasteiger partial charge on any atom is -0.334 e. The van der Waals surface area contributed by atoms with E-state index in [1.165, 1.54) is 6.42 Å². The summed E-state index contributed by atoms with van der Waals surface area (Å²) in [5, 5.41) is 2.97. The fourth-order valence-corrected chi connectivity index (χ4v) is 2.31. The topological polar surface area (TPSA) is 58.4 Å². The Labute approximate surface area is 108 Å². The van der Waals surface area contributed by atoms with Crippen molar-refractivity contribution in [2.45, 2.75) is 32.4 Å². The van der Waals surface area contributed by atoms with E-state index in [1.54, 1.807) is 0 Å². The predicted octanol–water partition coefficient (Wildman–Crippen LogP) is 1.84. The lowest BCUT2D eigenvalue weighted by atomic mass is 10.1. The smallest absolute Gasteiger partial charge is 0.317 e. The van der Waals surface area contributed by atoms with Crippen molar-refractivity contribution in [2.24, 2.45) is 5.73 Å². The van der Waals surface area contributed by atoms with Gasteiger partial charge < -0.3 is 16.0 Å². The van der Waals surface area contributed by atoms with Crippen LogP contribution in [0.4, 0.5) is 4.79 Å². The van der Waals surface area contributed by atoms with Crippen molar-refractivity contribution in [3.8, 4) is 0 Å². The molecular formula is C14H21N3O. The van der Waals surface area contributed by atoms with Gasteiger partial charge in [-0.25, -0.2) is 4.79 Å². The second-order valence-corrected chi connectivity index (χ2v) is 4.68. The monoisotopic (exact) mass is 247 g/mol. The number of nitrogens with one attached hydrogen (secondary N) is 1. The number of nitrogens with zero attached hydrogens (tertiary/aromatic N) is 1. The number of carbonyl (C=O) groups is 1. The van der Waals surface area contributed by atoms with Crippen molar-refractivity contribution < 1.29 is 4.79 Å². The maximum atomic E-state index is 12.0. The average molecular weight is 247 g/mol. The Hall–Kier alpha value is -1.55.